The highest BCUT2D eigenvalue weighted by atomic mass is 32.1. The highest BCUT2D eigenvalue weighted by Crippen LogP contribution is 2.18. The molecule has 27 heavy (non-hydrogen) atoms. The maximum absolute atomic E-state index is 12.8. The molecule has 0 fully saturated rings. The van der Waals surface area contributed by atoms with E-state index in [1.54, 1.807) is 47.6 Å². The van der Waals surface area contributed by atoms with Gasteiger partial charge in [0.15, 0.2) is 6.54 Å². The lowest BCUT2D eigenvalue weighted by Crippen LogP contribution is -2.17. The summed E-state index contributed by atoms with van der Waals surface area (Å²) < 4.78 is 14.7. The number of rotatable bonds is 7. The van der Waals surface area contributed by atoms with E-state index in [0.717, 1.165) is 22.2 Å². The molecule has 138 valence electrons. The highest BCUT2D eigenvalue weighted by molar-refractivity contribution is 7.14. The maximum Gasteiger partial charge on any atom is 0.330 e. The van der Waals surface area contributed by atoms with Crippen molar-refractivity contribution in [3.8, 4) is 0 Å². The summed E-state index contributed by atoms with van der Waals surface area (Å²) in [5.74, 6) is -0.959. The molecule has 0 aliphatic rings. The van der Waals surface area contributed by atoms with Crippen LogP contribution in [0.2, 0.25) is 1.41 Å². The van der Waals surface area contributed by atoms with Gasteiger partial charge < -0.3 is 9.30 Å². The van der Waals surface area contributed by atoms with Crippen molar-refractivity contribution in [2.75, 3.05) is 11.9 Å². The number of carbonyl (C=O) groups excluding carboxylic acids is 2. The predicted octanol–water partition coefficient (Wildman–Crippen LogP) is 3.22. The van der Waals surface area contributed by atoms with Gasteiger partial charge in [-0.2, -0.15) is 0 Å². The van der Waals surface area contributed by atoms with Gasteiger partial charge in [0.2, 0.25) is 0 Å². The van der Waals surface area contributed by atoms with Crippen molar-refractivity contribution in [2.24, 2.45) is 0 Å². The summed E-state index contributed by atoms with van der Waals surface area (Å²) in [4.78, 5) is 32.3. The lowest BCUT2D eigenvalue weighted by Gasteiger charge is -2.08. The number of pyridine rings is 1. The second-order valence-corrected chi connectivity index (χ2v) is 6.27. The zero-order valence-electron chi connectivity index (χ0n) is 15.6. The molecule has 3 rings (SSSR count). The van der Waals surface area contributed by atoms with Gasteiger partial charge in [0.1, 0.15) is 5.69 Å². The van der Waals surface area contributed by atoms with Crippen LogP contribution in [0.5, 0.6) is 0 Å². The van der Waals surface area contributed by atoms with Crippen LogP contribution in [0.15, 0.2) is 54.3 Å². The van der Waals surface area contributed by atoms with E-state index in [-0.39, 0.29) is 5.13 Å². The van der Waals surface area contributed by atoms with Gasteiger partial charge in [-0.05, 0) is 42.8 Å². The molecule has 0 aliphatic heterocycles. The molecule has 3 aromatic heterocycles. The van der Waals surface area contributed by atoms with Gasteiger partial charge in [-0.25, -0.2) is 9.78 Å². The van der Waals surface area contributed by atoms with E-state index >= 15 is 0 Å². The van der Waals surface area contributed by atoms with Crippen molar-refractivity contribution in [2.45, 2.75) is 13.5 Å². The Bertz CT molecular complexity index is 984. The third kappa shape index (κ3) is 5.11. The Morgan fingerprint density at radius 1 is 1.37 bits per heavy atom. The Kier molecular flexibility index (Phi) is 5.66. The van der Waals surface area contributed by atoms with Crippen LogP contribution in [0.3, 0.4) is 0 Å². The molecule has 0 saturated carbocycles. The summed E-state index contributed by atoms with van der Waals surface area (Å²) in [5, 5.41) is 2.63. The van der Waals surface area contributed by atoms with E-state index in [2.05, 4.69) is 9.97 Å². The third-order valence-electron chi connectivity index (χ3n) is 3.53. The number of hydrogen-bond donors (Lipinski definition) is 1. The zero-order valence-corrected chi connectivity index (χ0v) is 15.4. The molecule has 0 saturated heterocycles. The Hall–Kier alpha value is -3.26. The number of carbonyl (C=O) groups is 2. The Labute approximate surface area is 161 Å². The van der Waals surface area contributed by atoms with Crippen molar-refractivity contribution < 1.29 is 15.7 Å². The minimum absolute atomic E-state index is 0.213. The molecule has 0 spiro atoms. The van der Waals surface area contributed by atoms with Gasteiger partial charge in [0, 0.05) is 36.6 Å². The molecule has 1 N–H and O–H groups in total. The molecular weight excluding hydrogens is 364 g/mol. The first kappa shape index (κ1) is 17.2. The van der Waals surface area contributed by atoms with Crippen molar-refractivity contribution in [3.63, 3.8) is 0 Å². The van der Waals surface area contributed by atoms with E-state index in [1.165, 1.54) is 12.2 Å². The number of nitrogens with zero attached hydrogens (tertiary/aromatic N) is 3. The standard InChI is InChI=1S/C19H18N4O3S/c1-2-26-17(24)6-5-15-13-27-19(21-15)22-18(25)16-4-3-11-23(16)12-14-7-9-20-10-8-14/h3-11,13H,2,12H2,1H3,(H,21,22,25)/b6-5+/i/hD. The molecule has 0 aliphatic carbocycles. The van der Waals surface area contributed by atoms with Crippen molar-refractivity contribution in [3.05, 3.63) is 71.3 Å². The zero-order chi connectivity index (χ0) is 19.9. The Morgan fingerprint density at radius 2 is 2.19 bits per heavy atom. The first-order valence-electron chi connectivity index (χ1n) is 8.71. The molecule has 8 heteroatoms. The van der Waals surface area contributed by atoms with Crippen LogP contribution < -0.4 is 5.31 Å². The normalized spacial score (nSPS) is 11.4. The molecule has 0 aromatic carbocycles. The van der Waals surface area contributed by atoms with Crippen LogP contribution in [-0.2, 0) is 16.1 Å². The lowest BCUT2D eigenvalue weighted by molar-refractivity contribution is -0.137. The van der Waals surface area contributed by atoms with Crippen LogP contribution >= 0.6 is 11.3 Å². The number of amides is 1. The molecular formula is C19H18N4O3S. The number of nitrogens with one attached hydrogen (secondary N) is 1. The van der Waals surface area contributed by atoms with Gasteiger partial charge in [-0.15, -0.1) is 11.3 Å². The van der Waals surface area contributed by atoms with E-state index in [0.29, 0.717) is 24.5 Å². The molecule has 0 unspecified atom stereocenters. The van der Waals surface area contributed by atoms with E-state index in [9.17, 15) is 9.59 Å². The minimum Gasteiger partial charge on any atom is -0.463 e. The van der Waals surface area contributed by atoms with Gasteiger partial charge in [-0.1, -0.05) is 0 Å². The Morgan fingerprint density at radius 3 is 2.96 bits per heavy atom. The first-order valence-corrected chi connectivity index (χ1v) is 9.14. The molecule has 1 amide bonds. The summed E-state index contributed by atoms with van der Waals surface area (Å²) in [5.41, 5.74) is 1.85. The molecule has 7 nitrogen and oxygen atoms in total. The van der Waals surface area contributed by atoms with Crippen LogP contribution in [0.25, 0.3) is 6.08 Å². The summed E-state index contributed by atoms with van der Waals surface area (Å²) in [6.45, 7) is 2.51. The van der Waals surface area contributed by atoms with Crippen LogP contribution in [0.4, 0.5) is 5.13 Å². The molecule has 3 heterocycles. The fourth-order valence-corrected chi connectivity index (χ4v) is 2.97. The minimum atomic E-state index is -0.491. The quantitative estimate of drug-likeness (QED) is 0.500. The molecule has 0 atom stereocenters. The number of thiazole rings is 1. The molecule has 3 aromatic rings. The summed E-state index contributed by atoms with van der Waals surface area (Å²) >= 11 is 1.14. The van der Waals surface area contributed by atoms with Crippen molar-refractivity contribution >= 4 is 34.4 Å². The van der Waals surface area contributed by atoms with Crippen molar-refractivity contribution in [1.29, 1.82) is 0 Å². The fraction of sp³-hybridized carbons (Fsp3) is 0.158. The number of ether oxygens (including phenoxy) is 1. The van der Waals surface area contributed by atoms with Crippen LogP contribution in [-0.4, -0.2) is 33.0 Å². The molecule has 0 radical (unpaired) electrons. The van der Waals surface area contributed by atoms with E-state index < -0.39 is 11.9 Å². The van der Waals surface area contributed by atoms with Crippen LogP contribution in [0.1, 0.15) is 28.7 Å². The SMILES string of the molecule is [2H]N(C(=O)c1cccn1Cc1ccncc1)c1nc(/C=C/C(=O)OCC)cs1. The average Bonchev–Trinajstić information content (AvgIpc) is 3.36. The lowest BCUT2D eigenvalue weighted by atomic mass is 10.2. The monoisotopic (exact) mass is 383 g/mol. The van der Waals surface area contributed by atoms with Gasteiger partial charge in [-0.3, -0.25) is 15.1 Å². The second-order valence-electron chi connectivity index (χ2n) is 5.43. The van der Waals surface area contributed by atoms with E-state index in [4.69, 9.17) is 6.15 Å². The van der Waals surface area contributed by atoms with Gasteiger partial charge >= 0.3 is 5.97 Å². The third-order valence-corrected chi connectivity index (χ3v) is 4.29. The summed E-state index contributed by atoms with van der Waals surface area (Å²) in [6, 6.07) is 7.17. The first-order chi connectivity index (χ1) is 13.6. The second kappa shape index (κ2) is 8.91. The fourth-order valence-electron chi connectivity index (χ4n) is 2.32. The van der Waals surface area contributed by atoms with Gasteiger partial charge in [0.05, 0.1) is 12.3 Å². The maximum atomic E-state index is 12.8. The number of hydrogen-bond acceptors (Lipinski definition) is 6. The average molecular weight is 383 g/mol. The number of esters is 1. The smallest absolute Gasteiger partial charge is 0.330 e. The predicted molar refractivity (Wildman–Crippen MR) is 104 cm³/mol. The summed E-state index contributed by atoms with van der Waals surface area (Å²) in [6.07, 6.45) is 7.92. The largest absolute Gasteiger partial charge is 0.463 e. The highest BCUT2D eigenvalue weighted by Gasteiger charge is 2.13. The number of anilines is 1. The van der Waals surface area contributed by atoms with Crippen molar-refractivity contribution in [1.82, 2.24) is 14.5 Å². The number of aromatic nitrogens is 3. The van der Waals surface area contributed by atoms with Crippen LogP contribution in [0, 0.1) is 0 Å². The summed E-state index contributed by atoms with van der Waals surface area (Å²) in [7, 11) is 0. The van der Waals surface area contributed by atoms with E-state index in [1.807, 2.05) is 12.1 Å². The molecule has 0 bridgehead atoms. The van der Waals surface area contributed by atoms with Gasteiger partial charge in [0.25, 0.3) is 5.91 Å². The Balaban J connectivity index is 1.72. The topological polar surface area (TPSA) is 86.1 Å².